The first-order valence-corrected chi connectivity index (χ1v) is 6.43. The molecular weight excluding hydrogens is 196 g/mol. The fraction of sp³-hybridized carbons (Fsp3) is 0.667. The minimum Gasteiger partial charge on any atom is -0.299 e. The van der Waals surface area contributed by atoms with Gasteiger partial charge in [0.15, 0.2) is 0 Å². The van der Waals surface area contributed by atoms with Crippen LogP contribution in [0.15, 0.2) is 23.3 Å². The second-order valence-corrected chi connectivity index (χ2v) is 5.08. The molecule has 1 rings (SSSR count). The number of ketones is 1. The van der Waals surface area contributed by atoms with E-state index in [4.69, 9.17) is 0 Å². The summed E-state index contributed by atoms with van der Waals surface area (Å²) in [5.41, 5.74) is 2.83. The van der Waals surface area contributed by atoms with Crippen LogP contribution in [0, 0.1) is 5.92 Å². The van der Waals surface area contributed by atoms with Crippen LogP contribution in [0.5, 0.6) is 0 Å². The third kappa shape index (κ3) is 4.78. The predicted octanol–water partition coefficient (Wildman–Crippen LogP) is 4.44. The Balaban J connectivity index is 2.64. The average Bonchev–Trinajstić information content (AvgIpc) is 2.24. The van der Waals surface area contributed by atoms with Crippen molar-refractivity contribution in [1.29, 1.82) is 0 Å². The van der Waals surface area contributed by atoms with Crippen molar-refractivity contribution in [3.63, 3.8) is 0 Å². The van der Waals surface area contributed by atoms with Crippen LogP contribution >= 0.6 is 0 Å². The first kappa shape index (κ1) is 13.2. The van der Waals surface area contributed by atoms with Gasteiger partial charge < -0.3 is 0 Å². The third-order valence-corrected chi connectivity index (χ3v) is 3.44. The van der Waals surface area contributed by atoms with E-state index in [1.54, 1.807) is 0 Å². The molecule has 1 heteroatoms. The SMILES string of the molecule is C/C1=C\CCC(C)C(=O)CC/C(C)=C/CC1. The molecule has 0 saturated carbocycles. The highest BCUT2D eigenvalue weighted by atomic mass is 16.1. The zero-order valence-electron chi connectivity index (χ0n) is 10.9. The second kappa shape index (κ2) is 6.67. The molecule has 0 heterocycles. The molecule has 1 atom stereocenters. The summed E-state index contributed by atoms with van der Waals surface area (Å²) < 4.78 is 0. The van der Waals surface area contributed by atoms with E-state index in [0.717, 1.165) is 32.1 Å². The lowest BCUT2D eigenvalue weighted by Gasteiger charge is -2.11. The van der Waals surface area contributed by atoms with Gasteiger partial charge in [-0.15, -0.1) is 0 Å². The van der Waals surface area contributed by atoms with Crippen LogP contribution in [0.4, 0.5) is 0 Å². The Morgan fingerprint density at radius 3 is 2.38 bits per heavy atom. The van der Waals surface area contributed by atoms with Crippen molar-refractivity contribution < 1.29 is 4.79 Å². The van der Waals surface area contributed by atoms with Gasteiger partial charge in [-0.2, -0.15) is 0 Å². The average molecular weight is 220 g/mol. The van der Waals surface area contributed by atoms with Crippen LogP contribution in [-0.2, 0) is 4.79 Å². The smallest absolute Gasteiger partial charge is 0.136 e. The van der Waals surface area contributed by atoms with Gasteiger partial charge in [0.25, 0.3) is 0 Å². The number of hydrogen-bond acceptors (Lipinski definition) is 1. The minimum atomic E-state index is 0.233. The summed E-state index contributed by atoms with van der Waals surface area (Å²) in [7, 11) is 0. The zero-order chi connectivity index (χ0) is 12.0. The molecule has 0 amide bonds. The Hall–Kier alpha value is -0.850. The lowest BCUT2D eigenvalue weighted by Crippen LogP contribution is -2.10. The molecule has 0 aromatic carbocycles. The van der Waals surface area contributed by atoms with E-state index in [9.17, 15) is 4.79 Å². The quantitative estimate of drug-likeness (QED) is 0.552. The summed E-state index contributed by atoms with van der Waals surface area (Å²) in [4.78, 5) is 11.8. The van der Waals surface area contributed by atoms with Crippen LogP contribution < -0.4 is 0 Å². The summed E-state index contributed by atoms with van der Waals surface area (Å²) in [6, 6.07) is 0. The molecule has 1 aliphatic carbocycles. The Bertz CT molecular complexity index is 297. The fourth-order valence-corrected chi connectivity index (χ4v) is 2.06. The van der Waals surface area contributed by atoms with Crippen molar-refractivity contribution >= 4 is 5.78 Å². The van der Waals surface area contributed by atoms with Gasteiger partial charge in [0, 0.05) is 12.3 Å². The van der Waals surface area contributed by atoms with Crippen molar-refractivity contribution in [2.45, 2.75) is 59.3 Å². The van der Waals surface area contributed by atoms with Crippen molar-refractivity contribution in [1.82, 2.24) is 0 Å². The highest BCUT2D eigenvalue weighted by Crippen LogP contribution is 2.17. The van der Waals surface area contributed by atoms with Crippen molar-refractivity contribution in [3.8, 4) is 0 Å². The van der Waals surface area contributed by atoms with E-state index in [0.29, 0.717) is 5.78 Å². The van der Waals surface area contributed by atoms with E-state index in [1.807, 2.05) is 0 Å². The van der Waals surface area contributed by atoms with Gasteiger partial charge in [-0.25, -0.2) is 0 Å². The van der Waals surface area contributed by atoms with Crippen LogP contribution in [0.2, 0.25) is 0 Å². The molecule has 1 nitrogen and oxygen atoms in total. The maximum absolute atomic E-state index is 11.8. The molecule has 0 N–H and O–H groups in total. The topological polar surface area (TPSA) is 17.1 Å². The Labute approximate surface area is 99.6 Å². The molecular formula is C15H24O. The van der Waals surface area contributed by atoms with Crippen molar-refractivity contribution in [2.24, 2.45) is 5.92 Å². The molecule has 1 aliphatic rings. The maximum atomic E-state index is 11.8. The summed E-state index contributed by atoms with van der Waals surface area (Å²) >= 11 is 0. The highest BCUT2D eigenvalue weighted by molar-refractivity contribution is 5.80. The predicted molar refractivity (Wildman–Crippen MR) is 69.4 cm³/mol. The van der Waals surface area contributed by atoms with Crippen molar-refractivity contribution in [2.75, 3.05) is 0 Å². The number of carbonyl (C=O) groups excluding carboxylic acids is 1. The van der Waals surface area contributed by atoms with Gasteiger partial charge in [0.1, 0.15) is 5.78 Å². The van der Waals surface area contributed by atoms with Crippen LogP contribution in [-0.4, -0.2) is 5.78 Å². The van der Waals surface area contributed by atoms with E-state index >= 15 is 0 Å². The van der Waals surface area contributed by atoms with Gasteiger partial charge in [0.2, 0.25) is 0 Å². The van der Waals surface area contributed by atoms with E-state index in [1.165, 1.54) is 17.6 Å². The summed E-state index contributed by atoms with van der Waals surface area (Å²) in [5.74, 6) is 0.663. The molecule has 0 saturated heterocycles. The Morgan fingerprint density at radius 1 is 1.00 bits per heavy atom. The van der Waals surface area contributed by atoms with Crippen LogP contribution in [0.3, 0.4) is 0 Å². The monoisotopic (exact) mass is 220 g/mol. The number of rotatable bonds is 0. The maximum Gasteiger partial charge on any atom is 0.136 e. The van der Waals surface area contributed by atoms with Gasteiger partial charge in [0.05, 0.1) is 0 Å². The van der Waals surface area contributed by atoms with Gasteiger partial charge >= 0.3 is 0 Å². The summed E-state index contributed by atoms with van der Waals surface area (Å²) in [6.07, 6.45) is 10.6. The zero-order valence-corrected chi connectivity index (χ0v) is 10.9. The molecule has 0 bridgehead atoms. The fourth-order valence-electron chi connectivity index (χ4n) is 2.06. The normalized spacial score (nSPS) is 31.7. The molecule has 0 spiro atoms. The molecule has 0 aromatic rings. The third-order valence-electron chi connectivity index (χ3n) is 3.44. The molecule has 0 fully saturated rings. The minimum absolute atomic E-state index is 0.233. The summed E-state index contributed by atoms with van der Waals surface area (Å²) in [6.45, 7) is 6.40. The molecule has 90 valence electrons. The Kier molecular flexibility index (Phi) is 5.51. The summed E-state index contributed by atoms with van der Waals surface area (Å²) in [5, 5.41) is 0. The number of Topliss-reactive ketones (excluding diaryl/α,β-unsaturated/α-hetero) is 1. The number of allylic oxidation sites excluding steroid dienone is 4. The Morgan fingerprint density at radius 2 is 1.62 bits per heavy atom. The number of hydrogen-bond donors (Lipinski definition) is 0. The first-order valence-electron chi connectivity index (χ1n) is 6.43. The lowest BCUT2D eigenvalue weighted by atomic mass is 9.94. The van der Waals surface area contributed by atoms with Gasteiger partial charge in [-0.1, -0.05) is 30.2 Å². The molecule has 1 unspecified atom stereocenters. The van der Waals surface area contributed by atoms with Crippen molar-refractivity contribution in [3.05, 3.63) is 23.3 Å². The van der Waals surface area contributed by atoms with Gasteiger partial charge in [-0.3, -0.25) is 4.79 Å². The molecule has 0 aliphatic heterocycles. The van der Waals surface area contributed by atoms with E-state index in [-0.39, 0.29) is 5.92 Å². The van der Waals surface area contributed by atoms with Crippen LogP contribution in [0.25, 0.3) is 0 Å². The standard InChI is InChI=1S/C15H24O/c1-12-6-4-7-13(2)10-11-15(16)14(3)9-5-8-12/h7-8,14H,4-6,9-11H2,1-3H3/b12-8+,13-7+. The second-order valence-electron chi connectivity index (χ2n) is 5.08. The van der Waals surface area contributed by atoms with E-state index in [2.05, 4.69) is 32.9 Å². The number of carbonyl (C=O) groups is 1. The molecule has 0 radical (unpaired) electrons. The largest absolute Gasteiger partial charge is 0.299 e. The van der Waals surface area contributed by atoms with E-state index < -0.39 is 0 Å². The van der Waals surface area contributed by atoms with Gasteiger partial charge in [-0.05, 0) is 46.0 Å². The molecule has 16 heavy (non-hydrogen) atoms. The van der Waals surface area contributed by atoms with Crippen LogP contribution in [0.1, 0.15) is 59.3 Å². The first-order chi connectivity index (χ1) is 7.59. The highest BCUT2D eigenvalue weighted by Gasteiger charge is 2.12. The lowest BCUT2D eigenvalue weighted by molar-refractivity contribution is -0.122. The molecule has 0 aromatic heterocycles.